The van der Waals surface area contributed by atoms with Crippen LogP contribution in [0, 0.1) is 0 Å². The van der Waals surface area contributed by atoms with Crippen LogP contribution in [-0.2, 0) is 14.3 Å². The van der Waals surface area contributed by atoms with Crippen LogP contribution in [0.1, 0.15) is 290 Å². The minimum atomic E-state index is -1.57. The number of nitrogens with one attached hydrogen (secondary N) is 1. The zero-order valence-electron chi connectivity index (χ0n) is 44.6. The maximum Gasteiger partial charge on any atom is 0.220 e. The van der Waals surface area contributed by atoms with Gasteiger partial charge in [-0.25, -0.2) is 0 Å². The fraction of sp³-hybridized carbons (Fsp3) is 0.915. The van der Waals surface area contributed by atoms with Gasteiger partial charge in [0.25, 0.3) is 0 Å². The second kappa shape index (κ2) is 49.3. The lowest BCUT2D eigenvalue weighted by molar-refractivity contribution is -0.302. The van der Waals surface area contributed by atoms with Gasteiger partial charge >= 0.3 is 0 Å². The average molecular weight is 965 g/mol. The van der Waals surface area contributed by atoms with Gasteiger partial charge in [-0.2, -0.15) is 0 Å². The van der Waals surface area contributed by atoms with Gasteiger partial charge in [-0.05, 0) is 44.9 Å². The smallest absolute Gasteiger partial charge is 0.220 e. The molecular formula is C59H113NO8. The molecule has 7 atom stereocenters. The average Bonchev–Trinajstić information content (AvgIpc) is 3.34. The Bertz CT molecular complexity index is 1120. The van der Waals surface area contributed by atoms with Crippen molar-refractivity contribution in [2.75, 3.05) is 13.2 Å². The Morgan fingerprint density at radius 1 is 0.485 bits per heavy atom. The third-order valence-corrected chi connectivity index (χ3v) is 14.3. The number of carbonyl (C=O) groups excluding carboxylic acids is 1. The molecule has 0 saturated carbocycles. The number of rotatable bonds is 51. The molecule has 0 spiro atoms. The summed E-state index contributed by atoms with van der Waals surface area (Å²) in [7, 11) is 0. The summed E-state index contributed by atoms with van der Waals surface area (Å²) in [5, 5.41) is 54.6. The second-order valence-corrected chi connectivity index (χ2v) is 20.8. The van der Waals surface area contributed by atoms with Crippen molar-refractivity contribution < 1.29 is 39.8 Å². The standard InChI is InChI=1S/C59H113NO8/c1-3-5-7-9-11-13-15-17-19-21-23-25-26-27-29-30-32-34-36-38-40-42-44-46-48-53(62)52(51-67-59-58(66)57(65)56(64)54(50-61)68-59)60-55(63)49-47-45-43-41-39-37-35-33-31-28-24-22-20-18-16-14-12-10-8-6-4-2/h22,24,46,48,52-54,56-59,61-62,64-66H,3-21,23,25-45,47,49-51H2,1-2H3,(H,60,63)/b24-22-,48-46+. The van der Waals surface area contributed by atoms with E-state index in [1.807, 2.05) is 6.08 Å². The van der Waals surface area contributed by atoms with Crippen LogP contribution < -0.4 is 5.32 Å². The Morgan fingerprint density at radius 3 is 1.19 bits per heavy atom. The first-order valence-electron chi connectivity index (χ1n) is 29.6. The molecule has 1 aliphatic heterocycles. The number of allylic oxidation sites excluding steroid dienone is 3. The highest BCUT2D eigenvalue weighted by Crippen LogP contribution is 2.23. The highest BCUT2D eigenvalue weighted by molar-refractivity contribution is 5.76. The number of amides is 1. The molecule has 6 N–H and O–H groups in total. The van der Waals surface area contributed by atoms with Gasteiger partial charge in [0.1, 0.15) is 24.4 Å². The Balaban J connectivity index is 2.22. The van der Waals surface area contributed by atoms with Crippen LogP contribution in [-0.4, -0.2) is 87.5 Å². The zero-order valence-corrected chi connectivity index (χ0v) is 44.6. The van der Waals surface area contributed by atoms with E-state index in [1.54, 1.807) is 6.08 Å². The fourth-order valence-corrected chi connectivity index (χ4v) is 9.57. The van der Waals surface area contributed by atoms with Crippen LogP contribution >= 0.6 is 0 Å². The summed E-state index contributed by atoms with van der Waals surface area (Å²) < 4.78 is 11.3. The Hall–Kier alpha value is -1.33. The molecule has 9 heteroatoms. The van der Waals surface area contributed by atoms with Crippen molar-refractivity contribution in [1.82, 2.24) is 5.32 Å². The van der Waals surface area contributed by atoms with Crippen molar-refractivity contribution in [2.24, 2.45) is 0 Å². The van der Waals surface area contributed by atoms with Crippen LogP contribution in [0.15, 0.2) is 24.3 Å². The molecule has 0 radical (unpaired) electrons. The number of unbranched alkanes of at least 4 members (excludes halogenated alkanes) is 39. The normalized spacial score (nSPS) is 19.7. The highest BCUT2D eigenvalue weighted by atomic mass is 16.7. The Labute approximate surface area is 419 Å². The van der Waals surface area contributed by atoms with Crippen LogP contribution in [0.4, 0.5) is 0 Å². The molecular weight excluding hydrogens is 851 g/mol. The SMILES string of the molecule is CCCCCCCCCC/C=C\CCCCCCCCCCCC(=O)NC(COC1OC(CO)C(O)C(O)C1O)C(O)/C=C/CCCCCCCCCCCCCCCCCCCCCCCC. The lowest BCUT2D eigenvalue weighted by Crippen LogP contribution is -2.60. The number of hydrogen-bond donors (Lipinski definition) is 6. The van der Waals surface area contributed by atoms with Gasteiger partial charge in [0.2, 0.25) is 5.91 Å². The molecule has 7 unspecified atom stereocenters. The summed E-state index contributed by atoms with van der Waals surface area (Å²) in [6, 6.07) is -0.805. The summed E-state index contributed by atoms with van der Waals surface area (Å²) in [6.07, 6.45) is 55.3. The van der Waals surface area contributed by atoms with Crippen molar-refractivity contribution in [2.45, 2.75) is 333 Å². The number of hydrogen-bond acceptors (Lipinski definition) is 8. The Kier molecular flexibility index (Phi) is 46.9. The fourth-order valence-electron chi connectivity index (χ4n) is 9.57. The second-order valence-electron chi connectivity index (χ2n) is 20.8. The van der Waals surface area contributed by atoms with Crippen LogP contribution in [0.5, 0.6) is 0 Å². The molecule has 1 rings (SSSR count). The molecule has 0 aliphatic carbocycles. The van der Waals surface area contributed by atoms with E-state index < -0.39 is 49.5 Å². The molecule has 0 aromatic heterocycles. The maximum atomic E-state index is 13.1. The van der Waals surface area contributed by atoms with Crippen molar-refractivity contribution >= 4 is 5.91 Å². The summed E-state index contributed by atoms with van der Waals surface area (Å²) in [6.45, 7) is 3.81. The predicted octanol–water partition coefficient (Wildman–Crippen LogP) is 14.6. The monoisotopic (exact) mass is 964 g/mol. The zero-order chi connectivity index (χ0) is 49.4. The molecule has 1 aliphatic rings. The van der Waals surface area contributed by atoms with Crippen molar-refractivity contribution in [3.05, 3.63) is 24.3 Å². The van der Waals surface area contributed by atoms with E-state index in [1.165, 1.54) is 231 Å². The minimum Gasteiger partial charge on any atom is -0.394 e. The van der Waals surface area contributed by atoms with E-state index in [4.69, 9.17) is 9.47 Å². The summed E-state index contributed by atoms with van der Waals surface area (Å²) in [5.41, 5.74) is 0. The number of aliphatic hydroxyl groups is 5. The number of carbonyl (C=O) groups is 1. The quantitative estimate of drug-likeness (QED) is 0.0261. The van der Waals surface area contributed by atoms with E-state index in [2.05, 4.69) is 31.3 Å². The van der Waals surface area contributed by atoms with Crippen LogP contribution in [0.25, 0.3) is 0 Å². The van der Waals surface area contributed by atoms with Gasteiger partial charge < -0.3 is 40.3 Å². The first-order valence-corrected chi connectivity index (χ1v) is 29.6. The van der Waals surface area contributed by atoms with E-state index in [0.29, 0.717) is 6.42 Å². The van der Waals surface area contributed by atoms with Crippen LogP contribution in [0.2, 0.25) is 0 Å². The van der Waals surface area contributed by atoms with Gasteiger partial charge in [0.05, 0.1) is 25.4 Å². The minimum absolute atomic E-state index is 0.175. The molecule has 1 heterocycles. The third kappa shape index (κ3) is 38.4. The molecule has 0 bridgehead atoms. The van der Waals surface area contributed by atoms with E-state index in [-0.39, 0.29) is 12.5 Å². The van der Waals surface area contributed by atoms with Crippen molar-refractivity contribution in [3.8, 4) is 0 Å². The largest absolute Gasteiger partial charge is 0.394 e. The van der Waals surface area contributed by atoms with Gasteiger partial charge in [-0.15, -0.1) is 0 Å². The Morgan fingerprint density at radius 2 is 0.824 bits per heavy atom. The number of aliphatic hydroxyl groups excluding tert-OH is 5. The van der Waals surface area contributed by atoms with Crippen LogP contribution in [0.3, 0.4) is 0 Å². The van der Waals surface area contributed by atoms with Crippen molar-refractivity contribution in [3.63, 3.8) is 0 Å². The predicted molar refractivity (Wildman–Crippen MR) is 286 cm³/mol. The van der Waals surface area contributed by atoms with Gasteiger partial charge in [-0.1, -0.05) is 263 Å². The first-order chi connectivity index (χ1) is 33.3. The van der Waals surface area contributed by atoms with Gasteiger partial charge in [0, 0.05) is 6.42 Å². The first kappa shape index (κ1) is 64.7. The third-order valence-electron chi connectivity index (χ3n) is 14.3. The maximum absolute atomic E-state index is 13.1. The molecule has 9 nitrogen and oxygen atoms in total. The summed E-state index contributed by atoms with van der Waals surface area (Å²) in [4.78, 5) is 13.1. The van der Waals surface area contributed by atoms with Gasteiger partial charge in [-0.3, -0.25) is 4.79 Å². The topological polar surface area (TPSA) is 149 Å². The lowest BCUT2D eigenvalue weighted by Gasteiger charge is -2.40. The number of ether oxygens (including phenoxy) is 2. The molecule has 402 valence electrons. The van der Waals surface area contributed by atoms with Crippen molar-refractivity contribution in [1.29, 1.82) is 0 Å². The van der Waals surface area contributed by atoms with Gasteiger partial charge in [0.15, 0.2) is 6.29 Å². The van der Waals surface area contributed by atoms with E-state index >= 15 is 0 Å². The highest BCUT2D eigenvalue weighted by Gasteiger charge is 2.44. The van der Waals surface area contributed by atoms with E-state index in [9.17, 15) is 30.3 Å². The molecule has 0 aromatic rings. The molecule has 0 aromatic carbocycles. The lowest BCUT2D eigenvalue weighted by atomic mass is 9.99. The molecule has 68 heavy (non-hydrogen) atoms. The molecule has 1 saturated heterocycles. The molecule has 1 amide bonds. The summed E-state index contributed by atoms with van der Waals surface area (Å²) >= 11 is 0. The molecule has 1 fully saturated rings. The van der Waals surface area contributed by atoms with E-state index in [0.717, 1.165) is 38.5 Å². The summed E-state index contributed by atoms with van der Waals surface area (Å²) in [5.74, 6) is -0.175.